The number of carbonyl (C=O) groups is 1. The fourth-order valence-electron chi connectivity index (χ4n) is 2.81. The number of hydrogen-bond donors (Lipinski definition) is 1. The normalized spacial score (nSPS) is 11.2. The molecule has 124 valence electrons. The second kappa shape index (κ2) is 6.43. The van der Waals surface area contributed by atoms with Gasteiger partial charge in [-0.25, -0.2) is 9.67 Å². The Morgan fingerprint density at radius 1 is 1.29 bits per heavy atom. The van der Waals surface area contributed by atoms with Crippen molar-refractivity contribution >= 4 is 22.6 Å². The summed E-state index contributed by atoms with van der Waals surface area (Å²) >= 11 is 0. The standard InChI is InChI=1S/C19H22N4O/c1-5-14-8-6-7-9-17(14)22-19(24)16-10-15-11-20-23(12(2)3)18(15)21-13(16)4/h6-12H,5H2,1-4H3,(H,22,24). The van der Waals surface area contributed by atoms with Gasteiger partial charge in [0.15, 0.2) is 5.65 Å². The quantitative estimate of drug-likeness (QED) is 0.785. The van der Waals surface area contributed by atoms with E-state index in [1.54, 1.807) is 6.20 Å². The summed E-state index contributed by atoms with van der Waals surface area (Å²) in [6, 6.07) is 9.95. The molecular formula is C19H22N4O. The summed E-state index contributed by atoms with van der Waals surface area (Å²) in [7, 11) is 0. The van der Waals surface area contributed by atoms with Gasteiger partial charge < -0.3 is 5.32 Å². The van der Waals surface area contributed by atoms with Gasteiger partial charge in [-0.2, -0.15) is 5.10 Å². The molecule has 24 heavy (non-hydrogen) atoms. The van der Waals surface area contributed by atoms with Crippen molar-refractivity contribution in [2.24, 2.45) is 0 Å². The van der Waals surface area contributed by atoms with Gasteiger partial charge in [-0.15, -0.1) is 0 Å². The van der Waals surface area contributed by atoms with Crippen molar-refractivity contribution in [2.45, 2.75) is 40.2 Å². The Hall–Kier alpha value is -2.69. The van der Waals surface area contributed by atoms with E-state index in [-0.39, 0.29) is 11.9 Å². The van der Waals surface area contributed by atoms with Gasteiger partial charge in [0.1, 0.15) is 0 Å². The SMILES string of the molecule is CCc1ccccc1NC(=O)c1cc2cnn(C(C)C)c2nc1C. The Balaban J connectivity index is 1.97. The van der Waals surface area contributed by atoms with Crippen LogP contribution in [0.25, 0.3) is 11.0 Å². The van der Waals surface area contributed by atoms with Crippen LogP contribution in [0.5, 0.6) is 0 Å². The third kappa shape index (κ3) is 2.89. The van der Waals surface area contributed by atoms with Crippen molar-refractivity contribution in [1.29, 1.82) is 0 Å². The molecule has 5 heteroatoms. The summed E-state index contributed by atoms with van der Waals surface area (Å²) in [5.74, 6) is -0.139. The van der Waals surface area contributed by atoms with Crippen molar-refractivity contribution in [2.75, 3.05) is 5.32 Å². The van der Waals surface area contributed by atoms with Crippen molar-refractivity contribution in [3.8, 4) is 0 Å². The lowest BCUT2D eigenvalue weighted by Crippen LogP contribution is -2.15. The summed E-state index contributed by atoms with van der Waals surface area (Å²) in [4.78, 5) is 17.3. The lowest BCUT2D eigenvalue weighted by atomic mass is 10.1. The van der Waals surface area contributed by atoms with Crippen molar-refractivity contribution in [1.82, 2.24) is 14.8 Å². The maximum absolute atomic E-state index is 12.7. The highest BCUT2D eigenvalue weighted by molar-refractivity contribution is 6.06. The Kier molecular flexibility index (Phi) is 4.34. The molecule has 1 N–H and O–H groups in total. The number of aromatic nitrogens is 3. The van der Waals surface area contributed by atoms with E-state index < -0.39 is 0 Å². The van der Waals surface area contributed by atoms with E-state index >= 15 is 0 Å². The molecule has 2 aromatic heterocycles. The van der Waals surface area contributed by atoms with Crippen LogP contribution in [0.4, 0.5) is 5.69 Å². The van der Waals surface area contributed by atoms with Crippen LogP contribution >= 0.6 is 0 Å². The molecule has 1 amide bonds. The smallest absolute Gasteiger partial charge is 0.257 e. The van der Waals surface area contributed by atoms with Gasteiger partial charge in [0.25, 0.3) is 5.91 Å². The average Bonchev–Trinajstić information content (AvgIpc) is 2.97. The lowest BCUT2D eigenvalue weighted by molar-refractivity contribution is 0.102. The number of rotatable bonds is 4. The number of hydrogen-bond acceptors (Lipinski definition) is 3. The Morgan fingerprint density at radius 3 is 2.75 bits per heavy atom. The van der Waals surface area contributed by atoms with Crippen LogP contribution in [0.3, 0.4) is 0 Å². The third-order valence-electron chi connectivity index (χ3n) is 4.14. The van der Waals surface area contributed by atoms with Crippen LogP contribution < -0.4 is 5.32 Å². The molecule has 3 rings (SSSR count). The monoisotopic (exact) mass is 322 g/mol. The van der Waals surface area contributed by atoms with E-state index in [1.165, 1.54) is 0 Å². The molecule has 0 saturated heterocycles. The highest BCUT2D eigenvalue weighted by atomic mass is 16.1. The van der Waals surface area contributed by atoms with Gasteiger partial charge >= 0.3 is 0 Å². The molecule has 5 nitrogen and oxygen atoms in total. The molecule has 0 atom stereocenters. The Bertz CT molecular complexity index is 896. The van der Waals surface area contributed by atoms with E-state index in [1.807, 2.05) is 41.9 Å². The number of fused-ring (bicyclic) bond motifs is 1. The van der Waals surface area contributed by atoms with Crippen LogP contribution in [-0.4, -0.2) is 20.7 Å². The number of aryl methyl sites for hydroxylation is 2. The average molecular weight is 322 g/mol. The summed E-state index contributed by atoms with van der Waals surface area (Å²) in [5.41, 5.74) is 4.06. The number of anilines is 1. The van der Waals surface area contributed by atoms with Gasteiger partial charge in [0, 0.05) is 17.1 Å². The van der Waals surface area contributed by atoms with Crippen molar-refractivity contribution in [3.05, 3.63) is 53.3 Å². The molecule has 0 fully saturated rings. The number of benzene rings is 1. The van der Waals surface area contributed by atoms with Crippen LogP contribution in [0, 0.1) is 6.92 Å². The number of nitrogens with one attached hydrogen (secondary N) is 1. The summed E-state index contributed by atoms with van der Waals surface area (Å²) < 4.78 is 1.87. The molecule has 2 heterocycles. The van der Waals surface area contributed by atoms with Crippen LogP contribution in [0.15, 0.2) is 36.5 Å². The maximum Gasteiger partial charge on any atom is 0.257 e. The first-order valence-corrected chi connectivity index (χ1v) is 8.25. The van der Waals surface area contributed by atoms with Crippen molar-refractivity contribution in [3.63, 3.8) is 0 Å². The topological polar surface area (TPSA) is 59.8 Å². The third-order valence-corrected chi connectivity index (χ3v) is 4.14. The minimum atomic E-state index is -0.139. The molecule has 0 saturated carbocycles. The van der Waals surface area contributed by atoms with E-state index in [2.05, 4.69) is 36.2 Å². The lowest BCUT2D eigenvalue weighted by Gasteiger charge is -2.12. The molecular weight excluding hydrogens is 300 g/mol. The second-order valence-corrected chi connectivity index (χ2v) is 6.18. The zero-order valence-electron chi connectivity index (χ0n) is 14.5. The van der Waals surface area contributed by atoms with Crippen LogP contribution in [0.2, 0.25) is 0 Å². The van der Waals surface area contributed by atoms with Crippen molar-refractivity contribution < 1.29 is 4.79 Å². The molecule has 0 aliphatic heterocycles. The Morgan fingerprint density at radius 2 is 2.04 bits per heavy atom. The van der Waals surface area contributed by atoms with Gasteiger partial charge in [-0.05, 0) is 44.9 Å². The van der Waals surface area contributed by atoms with Crippen LogP contribution in [0.1, 0.15) is 48.4 Å². The minimum absolute atomic E-state index is 0.139. The summed E-state index contributed by atoms with van der Waals surface area (Å²) in [5, 5.41) is 8.25. The van der Waals surface area contributed by atoms with Gasteiger partial charge in [-0.1, -0.05) is 25.1 Å². The van der Waals surface area contributed by atoms with E-state index in [0.29, 0.717) is 11.3 Å². The number of nitrogens with zero attached hydrogens (tertiary/aromatic N) is 3. The molecule has 0 unspecified atom stereocenters. The predicted octanol–water partition coefficient (Wildman–Crippen LogP) is 4.14. The highest BCUT2D eigenvalue weighted by Crippen LogP contribution is 2.21. The highest BCUT2D eigenvalue weighted by Gasteiger charge is 2.16. The molecule has 0 radical (unpaired) electrons. The molecule has 0 aliphatic rings. The first kappa shape index (κ1) is 16.2. The van der Waals surface area contributed by atoms with Gasteiger partial charge in [0.2, 0.25) is 0 Å². The fourth-order valence-corrected chi connectivity index (χ4v) is 2.81. The maximum atomic E-state index is 12.7. The zero-order chi connectivity index (χ0) is 17.3. The zero-order valence-corrected chi connectivity index (χ0v) is 14.5. The summed E-state index contributed by atoms with van der Waals surface area (Å²) in [6.45, 7) is 8.05. The summed E-state index contributed by atoms with van der Waals surface area (Å²) in [6.07, 6.45) is 2.63. The molecule has 0 bridgehead atoms. The molecule has 0 aliphatic carbocycles. The molecule has 0 spiro atoms. The largest absolute Gasteiger partial charge is 0.322 e. The minimum Gasteiger partial charge on any atom is -0.322 e. The van der Waals surface area contributed by atoms with Gasteiger partial charge in [-0.3, -0.25) is 4.79 Å². The second-order valence-electron chi connectivity index (χ2n) is 6.18. The number of amides is 1. The first-order valence-electron chi connectivity index (χ1n) is 8.25. The van der Waals surface area contributed by atoms with Crippen LogP contribution in [-0.2, 0) is 6.42 Å². The number of pyridine rings is 1. The van der Waals surface area contributed by atoms with Gasteiger partial charge in [0.05, 0.1) is 17.5 Å². The fraction of sp³-hybridized carbons (Fsp3) is 0.316. The predicted molar refractivity (Wildman–Crippen MR) is 96.4 cm³/mol. The number of carbonyl (C=O) groups excluding carboxylic acids is 1. The number of para-hydroxylation sites is 1. The Labute approximate surface area is 141 Å². The molecule has 3 aromatic rings. The first-order chi connectivity index (χ1) is 11.5. The van der Waals surface area contributed by atoms with E-state index in [4.69, 9.17) is 0 Å². The van der Waals surface area contributed by atoms with E-state index in [9.17, 15) is 4.79 Å². The molecule has 1 aromatic carbocycles. The van der Waals surface area contributed by atoms with E-state index in [0.717, 1.165) is 28.7 Å².